The summed E-state index contributed by atoms with van der Waals surface area (Å²) in [6, 6.07) is 13.5. The number of hydrogen-bond acceptors (Lipinski definition) is 5. The van der Waals surface area contributed by atoms with Crippen molar-refractivity contribution in [2.45, 2.75) is 18.4 Å². The van der Waals surface area contributed by atoms with Gasteiger partial charge in [-0.05, 0) is 54.6 Å². The monoisotopic (exact) mass is 423 g/mol. The SMILES string of the molecule is OC[C@@H](O)c1cccc(-c2ccc(Oc3ccc(F)cc3C(O)C(F)(F)F)cc2)n1. The molecule has 5 nitrogen and oxygen atoms in total. The minimum absolute atomic E-state index is 0.160. The first-order valence-corrected chi connectivity index (χ1v) is 8.77. The number of hydrogen-bond donors (Lipinski definition) is 3. The highest BCUT2D eigenvalue weighted by Gasteiger charge is 2.41. The van der Waals surface area contributed by atoms with E-state index in [1.807, 2.05) is 0 Å². The summed E-state index contributed by atoms with van der Waals surface area (Å²) in [6.07, 6.45) is -9.00. The minimum Gasteiger partial charge on any atom is -0.457 e. The molecule has 1 unspecified atom stereocenters. The molecule has 0 fully saturated rings. The number of rotatable bonds is 6. The van der Waals surface area contributed by atoms with Gasteiger partial charge in [-0.15, -0.1) is 0 Å². The number of alkyl halides is 3. The van der Waals surface area contributed by atoms with E-state index >= 15 is 0 Å². The molecule has 0 aliphatic heterocycles. The van der Waals surface area contributed by atoms with Crippen molar-refractivity contribution in [2.24, 2.45) is 0 Å². The number of aromatic nitrogens is 1. The Bertz CT molecular complexity index is 1010. The average Bonchev–Trinajstić information content (AvgIpc) is 2.74. The lowest BCUT2D eigenvalue weighted by Gasteiger charge is -2.18. The van der Waals surface area contributed by atoms with Crippen LogP contribution in [0.5, 0.6) is 11.5 Å². The maximum absolute atomic E-state index is 13.4. The van der Waals surface area contributed by atoms with Crippen molar-refractivity contribution in [2.75, 3.05) is 6.61 Å². The first-order chi connectivity index (χ1) is 14.2. The highest BCUT2D eigenvalue weighted by atomic mass is 19.4. The first-order valence-electron chi connectivity index (χ1n) is 8.77. The number of nitrogens with zero attached hydrogens (tertiary/aromatic N) is 1. The van der Waals surface area contributed by atoms with Crippen molar-refractivity contribution in [3.63, 3.8) is 0 Å². The number of aliphatic hydroxyl groups is 3. The third-order valence-corrected chi connectivity index (χ3v) is 4.24. The maximum Gasteiger partial charge on any atom is 0.418 e. The fraction of sp³-hybridized carbons (Fsp3) is 0.190. The lowest BCUT2D eigenvalue weighted by Crippen LogP contribution is -2.20. The standard InChI is InChI=1S/C21H17F4NO4/c22-13-6-9-19(15(10-13)20(29)21(23,24)25)30-14-7-4-12(5-8-14)16-2-1-3-17(26-16)18(28)11-27/h1-10,18,20,27-29H,11H2/t18-,20?/m1/s1. The third-order valence-electron chi connectivity index (χ3n) is 4.24. The summed E-state index contributed by atoms with van der Waals surface area (Å²) in [4.78, 5) is 4.25. The van der Waals surface area contributed by atoms with E-state index in [-0.39, 0.29) is 17.2 Å². The Hall–Kier alpha value is -3.01. The molecule has 0 saturated carbocycles. The topological polar surface area (TPSA) is 82.8 Å². The van der Waals surface area contributed by atoms with E-state index in [1.54, 1.807) is 30.3 Å². The molecule has 0 aliphatic rings. The van der Waals surface area contributed by atoms with Crippen molar-refractivity contribution in [1.29, 1.82) is 0 Å². The van der Waals surface area contributed by atoms with Gasteiger partial charge in [0.1, 0.15) is 23.4 Å². The molecule has 0 bridgehead atoms. The molecule has 0 radical (unpaired) electrons. The molecule has 3 N–H and O–H groups in total. The second-order valence-corrected chi connectivity index (χ2v) is 6.40. The summed E-state index contributed by atoms with van der Waals surface area (Å²) in [5.74, 6) is -1.11. The van der Waals surface area contributed by atoms with Gasteiger partial charge in [-0.3, -0.25) is 0 Å². The van der Waals surface area contributed by atoms with Crippen molar-refractivity contribution >= 4 is 0 Å². The van der Waals surface area contributed by atoms with Gasteiger partial charge in [0.25, 0.3) is 0 Å². The van der Waals surface area contributed by atoms with Gasteiger partial charge in [0.15, 0.2) is 6.10 Å². The van der Waals surface area contributed by atoms with Crippen LogP contribution in [0.4, 0.5) is 17.6 Å². The maximum atomic E-state index is 13.4. The second kappa shape index (κ2) is 8.78. The molecule has 30 heavy (non-hydrogen) atoms. The molecule has 0 aliphatic carbocycles. The molecular weight excluding hydrogens is 406 g/mol. The smallest absolute Gasteiger partial charge is 0.418 e. The van der Waals surface area contributed by atoms with Crippen LogP contribution >= 0.6 is 0 Å². The molecule has 1 heterocycles. The largest absolute Gasteiger partial charge is 0.457 e. The summed E-state index contributed by atoms with van der Waals surface area (Å²) in [7, 11) is 0. The Kier molecular flexibility index (Phi) is 6.35. The Morgan fingerprint density at radius 2 is 1.67 bits per heavy atom. The number of ether oxygens (including phenoxy) is 1. The zero-order valence-electron chi connectivity index (χ0n) is 15.3. The Morgan fingerprint density at radius 3 is 2.30 bits per heavy atom. The van der Waals surface area contributed by atoms with Crippen LogP contribution in [-0.2, 0) is 0 Å². The van der Waals surface area contributed by atoms with Gasteiger partial charge in [0.2, 0.25) is 0 Å². The van der Waals surface area contributed by atoms with Crippen molar-refractivity contribution in [3.8, 4) is 22.8 Å². The van der Waals surface area contributed by atoms with Gasteiger partial charge in [-0.2, -0.15) is 13.2 Å². The van der Waals surface area contributed by atoms with Gasteiger partial charge in [-0.1, -0.05) is 6.07 Å². The Morgan fingerprint density at radius 1 is 0.967 bits per heavy atom. The molecule has 158 valence electrons. The van der Waals surface area contributed by atoms with E-state index in [1.165, 1.54) is 12.1 Å². The van der Waals surface area contributed by atoms with Gasteiger partial charge in [0.05, 0.1) is 18.0 Å². The number of halogens is 4. The van der Waals surface area contributed by atoms with E-state index in [0.29, 0.717) is 17.3 Å². The minimum atomic E-state index is -4.98. The molecular formula is C21H17F4NO4. The molecule has 2 atom stereocenters. The first kappa shape index (κ1) is 21.7. The molecule has 2 aromatic carbocycles. The Labute approximate surface area is 168 Å². The summed E-state index contributed by atoms with van der Waals surface area (Å²) >= 11 is 0. The van der Waals surface area contributed by atoms with Crippen LogP contribution in [0.15, 0.2) is 60.7 Å². The van der Waals surface area contributed by atoms with Crippen LogP contribution in [0.3, 0.4) is 0 Å². The lowest BCUT2D eigenvalue weighted by molar-refractivity contribution is -0.207. The number of aliphatic hydroxyl groups excluding tert-OH is 3. The summed E-state index contributed by atoms with van der Waals surface area (Å²) in [6.45, 7) is -0.479. The van der Waals surface area contributed by atoms with Gasteiger partial charge < -0.3 is 20.1 Å². The summed E-state index contributed by atoms with van der Waals surface area (Å²) in [5.41, 5.74) is 0.678. The predicted octanol–water partition coefficient (Wildman–Crippen LogP) is 4.30. The molecule has 0 saturated heterocycles. The zero-order chi connectivity index (χ0) is 21.9. The van der Waals surface area contributed by atoms with E-state index in [9.17, 15) is 27.8 Å². The molecule has 3 aromatic rings. The van der Waals surface area contributed by atoms with E-state index in [4.69, 9.17) is 9.84 Å². The Balaban J connectivity index is 1.85. The lowest BCUT2D eigenvalue weighted by atomic mass is 10.1. The van der Waals surface area contributed by atoms with Gasteiger partial charge >= 0.3 is 6.18 Å². The van der Waals surface area contributed by atoms with Crippen LogP contribution in [0.1, 0.15) is 23.5 Å². The van der Waals surface area contributed by atoms with Crippen LogP contribution in [0, 0.1) is 5.82 Å². The highest BCUT2D eigenvalue weighted by molar-refractivity contribution is 5.60. The van der Waals surface area contributed by atoms with Crippen molar-refractivity contribution in [3.05, 3.63) is 77.7 Å². The van der Waals surface area contributed by atoms with Gasteiger partial charge in [0, 0.05) is 11.1 Å². The van der Waals surface area contributed by atoms with E-state index in [0.717, 1.165) is 12.1 Å². The van der Waals surface area contributed by atoms with Crippen LogP contribution in [-0.4, -0.2) is 33.1 Å². The summed E-state index contributed by atoms with van der Waals surface area (Å²) in [5, 5.41) is 28.2. The third kappa shape index (κ3) is 4.93. The average molecular weight is 423 g/mol. The molecule has 0 amide bonds. The van der Waals surface area contributed by atoms with Crippen LogP contribution < -0.4 is 4.74 Å². The van der Waals surface area contributed by atoms with Crippen molar-refractivity contribution in [1.82, 2.24) is 4.98 Å². The van der Waals surface area contributed by atoms with Crippen molar-refractivity contribution < 1.29 is 37.6 Å². The van der Waals surface area contributed by atoms with E-state index in [2.05, 4.69) is 4.98 Å². The quantitative estimate of drug-likeness (QED) is 0.515. The molecule has 3 rings (SSSR count). The molecule has 9 heteroatoms. The molecule has 1 aromatic heterocycles. The van der Waals surface area contributed by atoms with Crippen LogP contribution in [0.2, 0.25) is 0 Å². The van der Waals surface area contributed by atoms with Crippen LogP contribution in [0.25, 0.3) is 11.3 Å². The molecule has 0 spiro atoms. The highest BCUT2D eigenvalue weighted by Crippen LogP contribution is 2.39. The number of pyridine rings is 1. The summed E-state index contributed by atoms with van der Waals surface area (Å²) < 4.78 is 57.5. The predicted molar refractivity (Wildman–Crippen MR) is 99.2 cm³/mol. The fourth-order valence-electron chi connectivity index (χ4n) is 2.71. The zero-order valence-corrected chi connectivity index (χ0v) is 15.3. The van der Waals surface area contributed by atoms with Gasteiger partial charge in [-0.25, -0.2) is 9.37 Å². The fourth-order valence-corrected chi connectivity index (χ4v) is 2.71. The van der Waals surface area contributed by atoms with E-state index < -0.39 is 36.4 Å². The number of benzene rings is 2. The normalized spacial score (nSPS) is 13.7. The second-order valence-electron chi connectivity index (χ2n) is 6.40.